The van der Waals surface area contributed by atoms with Gasteiger partial charge in [-0.2, -0.15) is 5.26 Å². The molecule has 19 nitrogen and oxygen atoms in total. The number of nitrogens with two attached hydrogens (primary N) is 3. The number of benzene rings is 3. The molecule has 3 heterocycles. The molecule has 6 rings (SSSR count). The van der Waals surface area contributed by atoms with Crippen LogP contribution in [-0.4, -0.2) is 122 Å². The van der Waals surface area contributed by atoms with E-state index in [1.54, 1.807) is 50.2 Å². The molecule has 0 unspecified atom stereocenters. The van der Waals surface area contributed by atoms with E-state index in [0.29, 0.717) is 56.9 Å². The number of hydrogen-bond acceptors (Lipinski definition) is 14. The van der Waals surface area contributed by atoms with Crippen LogP contribution < -0.4 is 52.8 Å². The Hall–Kier alpha value is -7.14. The Morgan fingerprint density at radius 1 is 0.875 bits per heavy atom. The normalized spacial score (nSPS) is 17.8. The number of amides is 5. The van der Waals surface area contributed by atoms with Crippen LogP contribution in [0.2, 0.25) is 0 Å². The second-order valence-corrected chi connectivity index (χ2v) is 19.5. The maximum Gasteiger partial charge on any atom is 0.255 e. The molecule has 384 valence electrons. The molecule has 10 N–H and O–H groups in total. The molecule has 19 heteroatoms. The number of nitrogens with one attached hydrogen (secondary N) is 4. The summed E-state index contributed by atoms with van der Waals surface area (Å²) in [5.74, 6) is -1.42. The van der Waals surface area contributed by atoms with Crippen LogP contribution >= 0.6 is 0 Å². The Kier molecular flexibility index (Phi) is 18.3. The van der Waals surface area contributed by atoms with Gasteiger partial charge in [0.25, 0.3) is 5.91 Å². The van der Waals surface area contributed by atoms with E-state index in [1.807, 2.05) is 18.2 Å². The van der Waals surface area contributed by atoms with Crippen molar-refractivity contribution in [2.24, 2.45) is 28.5 Å². The fourth-order valence-electron chi connectivity index (χ4n) is 9.36. The zero-order valence-corrected chi connectivity index (χ0v) is 42.5. The third-order valence-electron chi connectivity index (χ3n) is 13.3. The minimum Gasteiger partial charge on any atom is -0.492 e. The Labute approximate surface area is 422 Å². The molecule has 1 saturated heterocycles. The number of fused-ring (bicyclic) bond motifs is 5. The van der Waals surface area contributed by atoms with Crippen LogP contribution in [0.3, 0.4) is 0 Å². The van der Waals surface area contributed by atoms with Crippen molar-refractivity contribution in [1.82, 2.24) is 36.1 Å². The summed E-state index contributed by atoms with van der Waals surface area (Å²) in [4.78, 5) is 84.0. The largest absolute Gasteiger partial charge is 0.492 e. The molecule has 0 radical (unpaired) electrons. The van der Waals surface area contributed by atoms with E-state index in [1.165, 1.54) is 18.9 Å². The van der Waals surface area contributed by atoms with Crippen LogP contribution in [0.25, 0.3) is 22.5 Å². The van der Waals surface area contributed by atoms with Crippen molar-refractivity contribution in [3.8, 4) is 40.1 Å². The molecule has 4 bridgehead atoms. The number of carbonyl (C=O) groups is 5. The number of hydrogen-bond donors (Lipinski definition) is 7. The number of rotatable bonds is 16. The van der Waals surface area contributed by atoms with Crippen molar-refractivity contribution >= 4 is 35.2 Å². The van der Waals surface area contributed by atoms with E-state index < -0.39 is 53.7 Å². The number of likely N-dealkylation sites (N-methyl/N-ethyl adjacent to an activating group) is 1. The molecule has 4 atom stereocenters. The molecule has 4 aromatic rings. The van der Waals surface area contributed by atoms with Gasteiger partial charge in [-0.3, -0.25) is 24.0 Å². The van der Waals surface area contributed by atoms with Gasteiger partial charge in [-0.1, -0.05) is 32.9 Å². The minimum atomic E-state index is -1.41. The van der Waals surface area contributed by atoms with Crippen molar-refractivity contribution in [2.75, 3.05) is 64.4 Å². The molecule has 1 aromatic heterocycles. The summed E-state index contributed by atoms with van der Waals surface area (Å²) in [6.07, 6.45) is 2.28. The summed E-state index contributed by atoms with van der Waals surface area (Å²) >= 11 is 0. The van der Waals surface area contributed by atoms with Gasteiger partial charge in [0, 0.05) is 62.0 Å². The lowest BCUT2D eigenvalue weighted by Gasteiger charge is -2.39. The fraction of sp³-hybridized carbons (Fsp3) is 0.472. The highest BCUT2D eigenvalue weighted by atomic mass is 16.5. The van der Waals surface area contributed by atoms with Crippen LogP contribution in [0.1, 0.15) is 85.9 Å². The lowest BCUT2D eigenvalue weighted by atomic mass is 9.75. The van der Waals surface area contributed by atoms with E-state index in [4.69, 9.17) is 36.6 Å². The van der Waals surface area contributed by atoms with Gasteiger partial charge in [-0.25, -0.2) is 9.97 Å². The van der Waals surface area contributed by atoms with Crippen LogP contribution in [-0.2, 0) is 25.6 Å². The molecule has 5 amide bonds. The molecule has 2 aliphatic rings. The first-order valence-corrected chi connectivity index (χ1v) is 24.6. The number of aryl methyl sites for hydroxylation is 2. The highest BCUT2D eigenvalue weighted by molar-refractivity contribution is 6.00. The topological polar surface area (TPSA) is 286 Å². The average Bonchev–Trinajstić information content (AvgIpc) is 3.35. The molecular weight excluding hydrogens is 917 g/mol. The Bertz CT molecular complexity index is 2620. The van der Waals surface area contributed by atoms with Gasteiger partial charge in [-0.15, -0.1) is 0 Å². The van der Waals surface area contributed by atoms with Gasteiger partial charge in [0.2, 0.25) is 23.6 Å². The summed E-state index contributed by atoms with van der Waals surface area (Å²) in [6.45, 7) is 14.1. The van der Waals surface area contributed by atoms with Crippen molar-refractivity contribution in [2.45, 2.75) is 91.4 Å². The van der Waals surface area contributed by atoms with E-state index in [0.717, 1.165) is 37.2 Å². The fourth-order valence-corrected chi connectivity index (χ4v) is 9.36. The zero-order valence-electron chi connectivity index (χ0n) is 42.5. The molecule has 0 spiro atoms. The lowest BCUT2D eigenvalue weighted by molar-refractivity contribution is -0.141. The van der Waals surface area contributed by atoms with Gasteiger partial charge in [0.1, 0.15) is 55.4 Å². The van der Waals surface area contributed by atoms with Crippen LogP contribution in [0.4, 0.5) is 5.69 Å². The zero-order chi connectivity index (χ0) is 52.3. The van der Waals surface area contributed by atoms with Gasteiger partial charge >= 0.3 is 0 Å². The number of piperidine rings is 1. The van der Waals surface area contributed by atoms with E-state index in [2.05, 4.69) is 59.1 Å². The second-order valence-electron chi connectivity index (χ2n) is 19.5. The van der Waals surface area contributed by atoms with Gasteiger partial charge in [-0.05, 0) is 118 Å². The molecule has 0 saturated carbocycles. The maximum atomic E-state index is 14.8. The third-order valence-corrected chi connectivity index (χ3v) is 13.3. The number of nitriles is 1. The Balaban J connectivity index is 1.32. The lowest BCUT2D eigenvalue weighted by Crippen LogP contribution is -2.56. The Morgan fingerprint density at radius 3 is 2.07 bits per heavy atom. The number of nitrogens with zero attached hydrogens (tertiary/aromatic N) is 5. The van der Waals surface area contributed by atoms with Gasteiger partial charge in [0.15, 0.2) is 5.82 Å². The quantitative estimate of drug-likeness (QED) is 0.0795. The van der Waals surface area contributed by atoms with Crippen LogP contribution in [0.5, 0.6) is 11.5 Å². The minimum absolute atomic E-state index is 0.000327. The average molecular weight is 987 g/mol. The van der Waals surface area contributed by atoms with Crippen molar-refractivity contribution < 1.29 is 33.4 Å². The predicted molar refractivity (Wildman–Crippen MR) is 275 cm³/mol. The summed E-state index contributed by atoms with van der Waals surface area (Å²) < 4.78 is 12.2. The number of anilines is 1. The maximum absolute atomic E-state index is 14.8. The summed E-state index contributed by atoms with van der Waals surface area (Å²) in [5, 5.41) is 20.0. The summed E-state index contributed by atoms with van der Waals surface area (Å²) in [5.41, 5.74) is 22.9. The first-order chi connectivity index (χ1) is 34.4. The first-order valence-electron chi connectivity index (χ1n) is 24.6. The number of aromatic nitrogens is 2. The number of ether oxygens (including phenoxy) is 2. The van der Waals surface area contributed by atoms with Crippen LogP contribution in [0.15, 0.2) is 60.7 Å². The molecule has 1 fully saturated rings. The highest BCUT2D eigenvalue weighted by Crippen LogP contribution is 2.41. The van der Waals surface area contributed by atoms with Gasteiger partial charge < -0.3 is 57.7 Å². The standard InChI is InChI=1S/C53H70N12O7/c1-31-45(32(2)60-47(59-31)35-9-12-38(13-10-35)65-24-17-37(18-25-65)53(4,5)6)50(68)62-41(16-19-54)52(70)64(7)46-36-11-15-44(72-27-22-57)40(30-36)39-28-34(8-14-43(39)71-26-21-56)29-42(49(67)58-23-20-55)63-48(66)33(3)61-51(46)69/h8-15,28,30,33,37,41-42,46H,16-19,21-27,29,54,56-57H2,1-7H3,(H,58,67)(H,61,69)(H,62,68)(H,63,66)/t33-,41-,42-,46-/m0/s1. The number of carbonyl (C=O) groups excluding carboxylic acids is 5. The molecule has 2 aliphatic heterocycles. The first kappa shape index (κ1) is 54.2. The smallest absolute Gasteiger partial charge is 0.255 e. The molecule has 3 aromatic carbocycles. The van der Waals surface area contributed by atoms with E-state index in [-0.39, 0.29) is 63.2 Å². The monoisotopic (exact) mass is 987 g/mol. The SMILES string of the molecule is Cc1nc(-c2ccc(N3CCC(C(C)(C)C)CC3)cc2)nc(C)c1C(=O)N[C@@H](CCN)C(=O)N(C)[C@@H]1C(=O)N[C@@H](C)C(=O)N[C@H](C(=O)NCC#N)Cc2ccc(OCCN)c(c2)-c2cc1ccc2OCCN. The highest BCUT2D eigenvalue weighted by Gasteiger charge is 2.37. The molecule has 0 aliphatic carbocycles. The Morgan fingerprint density at radius 2 is 1.49 bits per heavy atom. The van der Waals surface area contributed by atoms with Crippen LogP contribution in [0, 0.1) is 36.5 Å². The summed E-state index contributed by atoms with van der Waals surface area (Å²) in [6, 6.07) is 15.2. The van der Waals surface area contributed by atoms with E-state index in [9.17, 15) is 29.2 Å². The molecular formula is C53H70N12O7. The summed E-state index contributed by atoms with van der Waals surface area (Å²) in [7, 11) is 1.42. The van der Waals surface area contributed by atoms with Crippen molar-refractivity contribution in [1.29, 1.82) is 5.26 Å². The third kappa shape index (κ3) is 13.0. The van der Waals surface area contributed by atoms with Crippen molar-refractivity contribution in [3.63, 3.8) is 0 Å². The van der Waals surface area contributed by atoms with E-state index >= 15 is 0 Å². The van der Waals surface area contributed by atoms with Gasteiger partial charge in [0.05, 0.1) is 23.0 Å². The van der Waals surface area contributed by atoms with Crippen molar-refractivity contribution in [3.05, 3.63) is 88.7 Å². The predicted octanol–water partition coefficient (Wildman–Crippen LogP) is 3.20. The second kappa shape index (κ2) is 24.3. The molecule has 72 heavy (non-hydrogen) atoms.